The Labute approximate surface area is 126 Å². The lowest BCUT2D eigenvalue weighted by atomic mass is 10.1. The summed E-state index contributed by atoms with van der Waals surface area (Å²) in [5, 5.41) is 13.4. The monoisotopic (exact) mass is 311 g/mol. The lowest BCUT2D eigenvalue weighted by Crippen LogP contribution is -2.46. The van der Waals surface area contributed by atoms with Gasteiger partial charge in [0, 0.05) is 6.54 Å². The van der Waals surface area contributed by atoms with Gasteiger partial charge in [-0.05, 0) is 24.6 Å². The molecule has 8 heteroatoms. The van der Waals surface area contributed by atoms with Gasteiger partial charge in [-0.2, -0.15) is 0 Å². The van der Waals surface area contributed by atoms with Gasteiger partial charge in [0.1, 0.15) is 11.9 Å². The largest absolute Gasteiger partial charge is 0.480 e. The number of hydrogen-bond acceptors (Lipinski definition) is 4. The Morgan fingerprint density at radius 3 is 2.41 bits per heavy atom. The topological polar surface area (TPSA) is 122 Å². The summed E-state index contributed by atoms with van der Waals surface area (Å²) in [6.07, 6.45) is -0.327. The maximum atomic E-state index is 12.7. The zero-order valence-electron chi connectivity index (χ0n) is 12.0. The van der Waals surface area contributed by atoms with E-state index in [0.717, 1.165) is 0 Å². The molecule has 1 aromatic rings. The highest BCUT2D eigenvalue weighted by Crippen LogP contribution is 2.02. The van der Waals surface area contributed by atoms with Crippen molar-refractivity contribution in [2.24, 2.45) is 5.73 Å². The van der Waals surface area contributed by atoms with E-state index in [1.165, 1.54) is 31.2 Å². The standard InChI is InChI=1S/C14H18FN3O4/c1-8(14(21)22)18-12(19)6-11(16)13(20)17-7-9-2-4-10(15)5-3-9/h2-5,8,11H,6-7,16H2,1H3,(H,17,20)(H,18,19)(H,21,22)/t8-,11-/m0/s1. The predicted octanol–water partition coefficient (Wildman–Crippen LogP) is -0.251. The number of benzene rings is 1. The Bertz CT molecular complexity index is 548. The lowest BCUT2D eigenvalue weighted by molar-refractivity contribution is -0.141. The fourth-order valence-corrected chi connectivity index (χ4v) is 1.58. The molecule has 22 heavy (non-hydrogen) atoms. The Kier molecular flexibility index (Phi) is 6.46. The highest BCUT2D eigenvalue weighted by atomic mass is 19.1. The van der Waals surface area contributed by atoms with Gasteiger partial charge in [0.15, 0.2) is 0 Å². The van der Waals surface area contributed by atoms with E-state index in [4.69, 9.17) is 10.8 Å². The first-order valence-corrected chi connectivity index (χ1v) is 6.59. The molecular weight excluding hydrogens is 293 g/mol. The SMILES string of the molecule is C[C@H](NC(=O)C[C@H](N)C(=O)NCc1ccc(F)cc1)C(=O)O. The number of carboxylic acids is 1. The van der Waals surface area contributed by atoms with Crippen molar-refractivity contribution in [1.82, 2.24) is 10.6 Å². The molecule has 0 unspecified atom stereocenters. The highest BCUT2D eigenvalue weighted by Gasteiger charge is 2.20. The van der Waals surface area contributed by atoms with Crippen molar-refractivity contribution in [3.63, 3.8) is 0 Å². The summed E-state index contributed by atoms with van der Waals surface area (Å²) >= 11 is 0. The number of nitrogens with two attached hydrogens (primary N) is 1. The van der Waals surface area contributed by atoms with Crippen LogP contribution < -0.4 is 16.4 Å². The van der Waals surface area contributed by atoms with Crippen LogP contribution >= 0.6 is 0 Å². The molecule has 0 aromatic heterocycles. The Morgan fingerprint density at radius 2 is 1.86 bits per heavy atom. The van der Waals surface area contributed by atoms with Crippen LogP contribution in [0.2, 0.25) is 0 Å². The molecule has 0 bridgehead atoms. The van der Waals surface area contributed by atoms with Gasteiger partial charge < -0.3 is 21.5 Å². The molecule has 0 fully saturated rings. The molecule has 0 heterocycles. The van der Waals surface area contributed by atoms with E-state index in [0.29, 0.717) is 5.56 Å². The van der Waals surface area contributed by atoms with Crippen molar-refractivity contribution in [2.75, 3.05) is 0 Å². The van der Waals surface area contributed by atoms with E-state index in [9.17, 15) is 18.8 Å². The molecule has 1 aromatic carbocycles. The number of carboxylic acid groups (broad SMARTS) is 1. The van der Waals surface area contributed by atoms with Crippen LogP contribution in [0, 0.1) is 5.82 Å². The average molecular weight is 311 g/mol. The highest BCUT2D eigenvalue weighted by molar-refractivity contribution is 5.89. The van der Waals surface area contributed by atoms with E-state index in [-0.39, 0.29) is 18.8 Å². The lowest BCUT2D eigenvalue weighted by Gasteiger charge is -2.14. The first kappa shape index (κ1) is 17.6. The van der Waals surface area contributed by atoms with Crippen LogP contribution in [0.4, 0.5) is 4.39 Å². The molecule has 120 valence electrons. The number of carbonyl (C=O) groups is 3. The van der Waals surface area contributed by atoms with Gasteiger partial charge in [0.25, 0.3) is 0 Å². The van der Waals surface area contributed by atoms with Gasteiger partial charge in [-0.25, -0.2) is 4.39 Å². The van der Waals surface area contributed by atoms with Crippen LogP contribution in [-0.4, -0.2) is 35.0 Å². The summed E-state index contributed by atoms with van der Waals surface area (Å²) < 4.78 is 12.7. The Balaban J connectivity index is 2.40. The van der Waals surface area contributed by atoms with Gasteiger partial charge >= 0.3 is 5.97 Å². The van der Waals surface area contributed by atoms with Gasteiger partial charge in [-0.1, -0.05) is 12.1 Å². The molecule has 0 aliphatic heterocycles. The first-order valence-electron chi connectivity index (χ1n) is 6.59. The van der Waals surface area contributed by atoms with Crippen LogP contribution in [0.3, 0.4) is 0 Å². The van der Waals surface area contributed by atoms with E-state index in [2.05, 4.69) is 10.6 Å². The van der Waals surface area contributed by atoms with Crippen molar-refractivity contribution < 1.29 is 23.9 Å². The molecule has 0 spiro atoms. The fourth-order valence-electron chi connectivity index (χ4n) is 1.58. The molecule has 7 nitrogen and oxygen atoms in total. The first-order chi connectivity index (χ1) is 10.3. The quantitative estimate of drug-likeness (QED) is 0.553. The number of rotatable bonds is 7. The summed E-state index contributed by atoms with van der Waals surface area (Å²) in [5.74, 6) is -2.74. The summed E-state index contributed by atoms with van der Waals surface area (Å²) in [5.41, 5.74) is 6.26. The van der Waals surface area contributed by atoms with Crippen molar-refractivity contribution in [2.45, 2.75) is 32.0 Å². The molecule has 5 N–H and O–H groups in total. The van der Waals surface area contributed by atoms with Crippen LogP contribution in [-0.2, 0) is 20.9 Å². The second kappa shape index (κ2) is 8.08. The molecule has 2 atom stereocenters. The molecule has 0 aliphatic carbocycles. The van der Waals surface area contributed by atoms with Crippen LogP contribution in [0.15, 0.2) is 24.3 Å². The number of nitrogens with one attached hydrogen (secondary N) is 2. The molecule has 0 saturated heterocycles. The number of amides is 2. The number of carbonyl (C=O) groups excluding carboxylic acids is 2. The minimum Gasteiger partial charge on any atom is -0.480 e. The molecule has 0 saturated carbocycles. The smallest absolute Gasteiger partial charge is 0.325 e. The number of aliphatic carboxylic acids is 1. The third-order valence-corrected chi connectivity index (χ3v) is 2.87. The van der Waals surface area contributed by atoms with E-state index in [1.54, 1.807) is 0 Å². The second-order valence-corrected chi connectivity index (χ2v) is 4.78. The summed E-state index contributed by atoms with van der Waals surface area (Å²) in [6, 6.07) is 3.41. The van der Waals surface area contributed by atoms with E-state index in [1.807, 2.05) is 0 Å². The van der Waals surface area contributed by atoms with E-state index < -0.39 is 29.9 Å². The van der Waals surface area contributed by atoms with Crippen molar-refractivity contribution in [3.8, 4) is 0 Å². The minimum absolute atomic E-state index is 0.153. The van der Waals surface area contributed by atoms with E-state index >= 15 is 0 Å². The summed E-state index contributed by atoms with van der Waals surface area (Å²) in [4.78, 5) is 33.8. The maximum absolute atomic E-state index is 12.7. The van der Waals surface area contributed by atoms with Crippen LogP contribution in [0.1, 0.15) is 18.9 Å². The third-order valence-electron chi connectivity index (χ3n) is 2.87. The number of hydrogen-bond donors (Lipinski definition) is 4. The Hall–Kier alpha value is -2.48. The zero-order chi connectivity index (χ0) is 16.7. The number of halogens is 1. The minimum atomic E-state index is -1.18. The molecule has 0 aliphatic rings. The van der Waals surface area contributed by atoms with Gasteiger partial charge in [0.2, 0.25) is 11.8 Å². The maximum Gasteiger partial charge on any atom is 0.325 e. The third kappa shape index (κ3) is 5.88. The molecule has 0 radical (unpaired) electrons. The molecule has 1 rings (SSSR count). The van der Waals surface area contributed by atoms with Crippen molar-refractivity contribution in [3.05, 3.63) is 35.6 Å². The summed E-state index contributed by atoms with van der Waals surface area (Å²) in [6.45, 7) is 1.46. The van der Waals surface area contributed by atoms with Gasteiger partial charge in [0.05, 0.1) is 12.5 Å². The molecule has 2 amide bonds. The Morgan fingerprint density at radius 1 is 1.27 bits per heavy atom. The van der Waals surface area contributed by atoms with Crippen LogP contribution in [0.5, 0.6) is 0 Å². The second-order valence-electron chi connectivity index (χ2n) is 4.78. The zero-order valence-corrected chi connectivity index (χ0v) is 12.0. The normalized spacial score (nSPS) is 13.0. The van der Waals surface area contributed by atoms with Gasteiger partial charge in [-0.3, -0.25) is 14.4 Å². The fraction of sp³-hybridized carbons (Fsp3) is 0.357. The van der Waals surface area contributed by atoms with Gasteiger partial charge in [-0.15, -0.1) is 0 Å². The van der Waals surface area contributed by atoms with Crippen molar-refractivity contribution in [1.29, 1.82) is 0 Å². The van der Waals surface area contributed by atoms with Crippen LogP contribution in [0.25, 0.3) is 0 Å². The molecular formula is C14H18FN3O4. The van der Waals surface area contributed by atoms with Crippen molar-refractivity contribution >= 4 is 17.8 Å². The average Bonchev–Trinajstić information content (AvgIpc) is 2.45. The predicted molar refractivity (Wildman–Crippen MR) is 76.1 cm³/mol. The summed E-state index contributed by atoms with van der Waals surface area (Å²) in [7, 11) is 0.